The molecule has 2 saturated heterocycles. The highest BCUT2D eigenvalue weighted by molar-refractivity contribution is 9.10. The molecule has 20 nitrogen and oxygen atoms in total. The number of nitrogens with zero attached hydrogens (tertiary/aromatic N) is 14. The van der Waals surface area contributed by atoms with Crippen LogP contribution in [0.2, 0.25) is 0 Å². The second kappa shape index (κ2) is 21.0. The van der Waals surface area contributed by atoms with E-state index in [0.717, 1.165) is 53.7 Å². The number of benzene rings is 2. The van der Waals surface area contributed by atoms with Crippen LogP contribution in [0.1, 0.15) is 86.2 Å². The first-order valence-corrected chi connectivity index (χ1v) is 27.1. The van der Waals surface area contributed by atoms with Crippen LogP contribution in [0.15, 0.2) is 89.9 Å². The van der Waals surface area contributed by atoms with Crippen LogP contribution in [-0.2, 0) is 4.74 Å². The third kappa shape index (κ3) is 11.3. The third-order valence-electron chi connectivity index (χ3n) is 12.2. The summed E-state index contributed by atoms with van der Waals surface area (Å²) < 4.78 is 12.6. The van der Waals surface area contributed by atoms with Crippen LogP contribution < -0.4 is 30.2 Å². The lowest BCUT2D eigenvalue weighted by Crippen LogP contribution is -2.38. The average molecular weight is 1100 g/mol. The Morgan fingerprint density at radius 2 is 1.35 bits per heavy atom. The molecule has 8 aromatic rings. The van der Waals surface area contributed by atoms with Gasteiger partial charge >= 0.3 is 18.2 Å². The highest BCUT2D eigenvalue weighted by atomic mass is 79.9. The van der Waals surface area contributed by atoms with Crippen LogP contribution in [0, 0.1) is 0 Å². The summed E-state index contributed by atoms with van der Waals surface area (Å²) in [6.45, 7) is 16.4. The summed E-state index contributed by atoms with van der Waals surface area (Å²) in [5.41, 5.74) is 3.67. The fourth-order valence-electron chi connectivity index (χ4n) is 8.25. The van der Waals surface area contributed by atoms with Gasteiger partial charge in [0.1, 0.15) is 41.3 Å². The van der Waals surface area contributed by atoms with Gasteiger partial charge in [0.25, 0.3) is 0 Å². The molecule has 4 fully saturated rings. The SMILES string of the molecule is CC(C)(C)OC(=O)N(c1nc2ccc(Br)cc2s1)C1CC1.CC(C)n1cnnc1-c1cccc(N2CCN(c3ccc4nc(NC5CC5)sc4c3)C2=O)n1.CC(C)n1cnnc1-c1cccc(N2CCNC2=O)n1. The zero-order chi connectivity index (χ0) is 51.8. The molecular formula is C51H57BrN16O4S2. The van der Waals surface area contributed by atoms with Crippen molar-refractivity contribution in [2.75, 3.05) is 51.1 Å². The van der Waals surface area contributed by atoms with Crippen molar-refractivity contribution in [3.8, 4) is 23.0 Å². The molecule has 0 unspecified atom stereocenters. The minimum atomic E-state index is -0.496. The van der Waals surface area contributed by atoms with E-state index in [1.807, 2.05) is 96.6 Å². The quantitative estimate of drug-likeness (QED) is 0.124. The largest absolute Gasteiger partial charge is 0.443 e. The van der Waals surface area contributed by atoms with E-state index in [2.05, 4.69) is 95.7 Å². The normalized spacial score (nSPS) is 15.7. The summed E-state index contributed by atoms with van der Waals surface area (Å²) in [4.78, 5) is 62.9. The summed E-state index contributed by atoms with van der Waals surface area (Å²) in [7, 11) is 0. The van der Waals surface area contributed by atoms with E-state index in [4.69, 9.17) is 9.72 Å². The third-order valence-corrected chi connectivity index (χ3v) is 14.7. The Labute approximate surface area is 444 Å². The van der Waals surface area contributed by atoms with Gasteiger partial charge in [-0.25, -0.2) is 39.2 Å². The van der Waals surface area contributed by atoms with E-state index in [-0.39, 0.29) is 36.3 Å². The molecular weight excluding hydrogens is 1040 g/mol. The Kier molecular flexibility index (Phi) is 14.3. The van der Waals surface area contributed by atoms with E-state index >= 15 is 0 Å². The number of hydrogen-bond acceptors (Lipinski definition) is 15. The number of nitrogens with one attached hydrogen (secondary N) is 2. The molecule has 2 N–H and O–H groups in total. The molecule has 2 saturated carbocycles. The molecule has 384 valence electrons. The van der Waals surface area contributed by atoms with Crippen molar-refractivity contribution in [2.45, 2.75) is 104 Å². The smallest absolute Gasteiger partial charge is 0.416 e. The van der Waals surface area contributed by atoms with E-state index in [1.54, 1.807) is 43.6 Å². The number of ether oxygens (including phenoxy) is 1. The van der Waals surface area contributed by atoms with Gasteiger partial charge < -0.3 is 24.5 Å². The van der Waals surface area contributed by atoms with Gasteiger partial charge in [-0.1, -0.05) is 50.7 Å². The van der Waals surface area contributed by atoms with Crippen molar-refractivity contribution < 1.29 is 19.1 Å². The molecule has 23 heteroatoms. The average Bonchev–Trinajstić information content (AvgIpc) is 3.84. The van der Waals surface area contributed by atoms with Crippen LogP contribution in [0.4, 0.5) is 42.0 Å². The number of rotatable bonds is 11. The van der Waals surface area contributed by atoms with Crippen LogP contribution in [0.5, 0.6) is 0 Å². The van der Waals surface area contributed by atoms with Crippen molar-refractivity contribution in [2.24, 2.45) is 0 Å². The first kappa shape index (κ1) is 50.4. The summed E-state index contributed by atoms with van der Waals surface area (Å²) in [5.74, 6) is 2.66. The van der Waals surface area contributed by atoms with Gasteiger partial charge in [0, 0.05) is 60.5 Å². The molecule has 2 aliphatic heterocycles. The van der Waals surface area contributed by atoms with Crippen LogP contribution in [0.25, 0.3) is 43.5 Å². The van der Waals surface area contributed by atoms with Crippen molar-refractivity contribution in [3.05, 3.63) is 89.9 Å². The van der Waals surface area contributed by atoms with Gasteiger partial charge in [-0.05, 0) is 135 Å². The van der Waals surface area contributed by atoms with Crippen molar-refractivity contribution >= 4 is 105 Å². The molecule has 6 aromatic heterocycles. The number of urea groups is 2. The molecule has 8 heterocycles. The minimum Gasteiger partial charge on any atom is -0.443 e. The van der Waals surface area contributed by atoms with Gasteiger partial charge in [-0.2, -0.15) is 0 Å². The number of amides is 5. The highest BCUT2D eigenvalue weighted by Crippen LogP contribution is 2.39. The molecule has 2 aromatic carbocycles. The predicted octanol–water partition coefficient (Wildman–Crippen LogP) is 11.0. The molecule has 12 rings (SSSR count). The zero-order valence-electron chi connectivity index (χ0n) is 42.1. The minimum absolute atomic E-state index is 0.0785. The van der Waals surface area contributed by atoms with Gasteiger partial charge in [-0.15, -0.1) is 20.4 Å². The number of halogens is 1. The van der Waals surface area contributed by atoms with Crippen LogP contribution >= 0.6 is 38.6 Å². The summed E-state index contributed by atoms with van der Waals surface area (Å²) >= 11 is 6.63. The monoisotopic (exact) mass is 1100 g/mol. The van der Waals surface area contributed by atoms with Crippen molar-refractivity contribution in [3.63, 3.8) is 0 Å². The fraction of sp³-hybridized carbons (Fsp3) is 0.392. The van der Waals surface area contributed by atoms with Gasteiger partial charge in [0.15, 0.2) is 21.9 Å². The lowest BCUT2D eigenvalue weighted by Gasteiger charge is -2.25. The lowest BCUT2D eigenvalue weighted by atomic mass is 10.2. The maximum atomic E-state index is 13.3. The topological polar surface area (TPSA) is 210 Å². The molecule has 5 amide bonds. The highest BCUT2D eigenvalue weighted by Gasteiger charge is 2.38. The first-order chi connectivity index (χ1) is 35.6. The van der Waals surface area contributed by atoms with Crippen molar-refractivity contribution in [1.29, 1.82) is 0 Å². The number of aromatic nitrogens is 10. The summed E-state index contributed by atoms with van der Waals surface area (Å²) in [6.07, 6.45) is 7.55. The molecule has 0 radical (unpaired) electrons. The molecule has 0 atom stereocenters. The molecule has 2 aliphatic carbocycles. The van der Waals surface area contributed by atoms with Crippen LogP contribution in [0.3, 0.4) is 0 Å². The predicted molar refractivity (Wildman–Crippen MR) is 293 cm³/mol. The molecule has 0 bridgehead atoms. The number of carbonyl (C=O) groups excluding carboxylic acids is 3. The Morgan fingerprint density at radius 1 is 0.743 bits per heavy atom. The fourth-order valence-corrected chi connectivity index (χ4v) is 10.8. The number of fused-ring (bicyclic) bond motifs is 2. The van der Waals surface area contributed by atoms with Crippen LogP contribution in [-0.4, -0.2) is 111 Å². The Morgan fingerprint density at radius 3 is 1.95 bits per heavy atom. The zero-order valence-corrected chi connectivity index (χ0v) is 45.4. The maximum Gasteiger partial charge on any atom is 0.416 e. The van der Waals surface area contributed by atoms with E-state index in [9.17, 15) is 14.4 Å². The van der Waals surface area contributed by atoms with Gasteiger partial charge in [0.2, 0.25) is 0 Å². The Balaban J connectivity index is 0.000000133. The van der Waals surface area contributed by atoms with Gasteiger partial charge in [0.05, 0.1) is 20.4 Å². The van der Waals surface area contributed by atoms with E-state index in [0.29, 0.717) is 66.9 Å². The molecule has 74 heavy (non-hydrogen) atoms. The summed E-state index contributed by atoms with van der Waals surface area (Å²) in [5, 5.41) is 24.2. The standard InChI is InChI=1S/C23H24N8OS.C15H17BrN2O2S.C13H16N6O/c1-14(2)31-13-24-28-21(31)18-4-3-5-20(26-18)30-11-10-29(23(30)32)16-8-9-17-19(12-16)33-22(27-17)25-15-6-7-15;1-15(2,3)20-14(19)18(10-5-6-10)13-17-11-7-4-9(16)8-12(11)21-13;1-9(2)19-8-15-17-12(19)10-4-3-5-11(16-10)18-7-6-14-13(18)20/h3-5,8-9,12-15H,6-7,10-11H2,1-2H3,(H,25,27);4,7-8,10H,5-6H2,1-3H3;3-5,8-9H,6-7H2,1-2H3,(H,14,20). The number of pyridine rings is 2. The van der Waals surface area contributed by atoms with E-state index in [1.165, 1.54) is 24.2 Å². The number of anilines is 5. The van der Waals surface area contributed by atoms with Gasteiger partial charge in [-0.3, -0.25) is 14.7 Å². The number of thiazole rings is 2. The maximum absolute atomic E-state index is 13.3. The Bertz CT molecular complexity index is 3340. The Hall–Kier alpha value is -7.11. The second-order valence-electron chi connectivity index (χ2n) is 19.8. The second-order valence-corrected chi connectivity index (χ2v) is 22.8. The molecule has 0 spiro atoms. The number of carbonyl (C=O) groups is 3. The lowest BCUT2D eigenvalue weighted by molar-refractivity contribution is 0.0577. The summed E-state index contributed by atoms with van der Waals surface area (Å²) in [6, 6.07) is 24.3. The number of hydrogen-bond donors (Lipinski definition) is 2. The molecule has 4 aliphatic rings. The van der Waals surface area contributed by atoms with E-state index < -0.39 is 5.60 Å². The first-order valence-electron chi connectivity index (χ1n) is 24.7. The van der Waals surface area contributed by atoms with Crippen molar-refractivity contribution in [1.82, 2.24) is 54.8 Å².